The molecular weight excluding hydrogens is 254 g/mol. The van der Waals surface area contributed by atoms with Crippen LogP contribution in [0.15, 0.2) is 24.3 Å². The van der Waals surface area contributed by atoms with Gasteiger partial charge in [-0.3, -0.25) is 14.5 Å². The molecule has 5 nitrogen and oxygen atoms in total. The number of nitrogens with one attached hydrogen (secondary N) is 2. The first kappa shape index (κ1) is 14.5. The summed E-state index contributed by atoms with van der Waals surface area (Å²) in [7, 11) is 3.58. The Morgan fingerprint density at radius 1 is 1.20 bits per heavy atom. The lowest BCUT2D eigenvalue weighted by Crippen LogP contribution is -2.44. The summed E-state index contributed by atoms with van der Waals surface area (Å²) in [5, 5.41) is 5.48. The van der Waals surface area contributed by atoms with Crippen LogP contribution in [0, 0.1) is 0 Å². The number of carbonyl (C=O) groups excluding carboxylic acids is 2. The summed E-state index contributed by atoms with van der Waals surface area (Å²) in [6.07, 6.45) is 3.15. The van der Waals surface area contributed by atoms with E-state index in [1.807, 2.05) is 7.05 Å². The van der Waals surface area contributed by atoms with E-state index in [2.05, 4.69) is 15.5 Å². The summed E-state index contributed by atoms with van der Waals surface area (Å²) in [6.45, 7) is 0.966. The largest absolute Gasteiger partial charge is 0.355 e. The summed E-state index contributed by atoms with van der Waals surface area (Å²) in [5.74, 6) is -0.102. The number of rotatable bonds is 3. The molecular formula is C15H21N3O2. The highest BCUT2D eigenvalue weighted by molar-refractivity contribution is 5.97. The number of piperidine rings is 1. The Labute approximate surface area is 119 Å². The first-order valence-electron chi connectivity index (χ1n) is 6.95. The van der Waals surface area contributed by atoms with Gasteiger partial charge in [0, 0.05) is 18.3 Å². The first-order valence-corrected chi connectivity index (χ1v) is 6.95. The molecule has 0 saturated carbocycles. The highest BCUT2D eigenvalue weighted by Crippen LogP contribution is 2.17. The zero-order chi connectivity index (χ0) is 14.5. The first-order chi connectivity index (χ1) is 9.61. The maximum Gasteiger partial charge on any atom is 0.251 e. The van der Waals surface area contributed by atoms with E-state index < -0.39 is 0 Å². The van der Waals surface area contributed by atoms with Crippen LogP contribution in [0.2, 0.25) is 0 Å². The van der Waals surface area contributed by atoms with Gasteiger partial charge in [-0.15, -0.1) is 0 Å². The minimum Gasteiger partial charge on any atom is -0.355 e. The van der Waals surface area contributed by atoms with Crippen molar-refractivity contribution in [3.8, 4) is 0 Å². The summed E-state index contributed by atoms with van der Waals surface area (Å²) >= 11 is 0. The lowest BCUT2D eigenvalue weighted by atomic mass is 10.0. The Kier molecular flexibility index (Phi) is 4.74. The van der Waals surface area contributed by atoms with Crippen LogP contribution < -0.4 is 10.6 Å². The predicted molar refractivity (Wildman–Crippen MR) is 78.7 cm³/mol. The van der Waals surface area contributed by atoms with Crippen molar-refractivity contribution in [2.24, 2.45) is 0 Å². The topological polar surface area (TPSA) is 61.4 Å². The molecule has 1 unspecified atom stereocenters. The van der Waals surface area contributed by atoms with E-state index in [0.29, 0.717) is 5.56 Å². The monoisotopic (exact) mass is 275 g/mol. The van der Waals surface area contributed by atoms with Crippen molar-refractivity contribution in [1.29, 1.82) is 0 Å². The molecule has 5 heteroatoms. The van der Waals surface area contributed by atoms with Gasteiger partial charge in [0.1, 0.15) is 0 Å². The lowest BCUT2D eigenvalue weighted by Gasteiger charge is -2.31. The molecule has 2 N–H and O–H groups in total. The number of hydrogen-bond acceptors (Lipinski definition) is 3. The van der Waals surface area contributed by atoms with Gasteiger partial charge in [-0.2, -0.15) is 0 Å². The zero-order valence-corrected chi connectivity index (χ0v) is 12.0. The number of anilines is 1. The predicted octanol–water partition coefficient (Wildman–Crippen LogP) is 1.47. The average Bonchev–Trinajstić information content (AvgIpc) is 2.47. The van der Waals surface area contributed by atoms with Gasteiger partial charge >= 0.3 is 0 Å². The minimum absolute atomic E-state index is 0.0277. The molecule has 108 valence electrons. The minimum atomic E-state index is -0.130. The standard InChI is InChI=1S/C15H21N3O2/c1-16-14(19)11-6-8-12(9-7-11)17-15(20)13-5-3-4-10-18(13)2/h6-9,13H,3-5,10H2,1-2H3,(H,16,19)(H,17,20). The SMILES string of the molecule is CNC(=O)c1ccc(NC(=O)C2CCCCN2C)cc1. The molecule has 0 aromatic heterocycles. The van der Waals surface area contributed by atoms with Crippen LogP contribution in [0.5, 0.6) is 0 Å². The van der Waals surface area contributed by atoms with Crippen molar-refractivity contribution in [3.05, 3.63) is 29.8 Å². The van der Waals surface area contributed by atoms with Crippen molar-refractivity contribution < 1.29 is 9.59 Å². The normalized spacial score (nSPS) is 19.4. The highest BCUT2D eigenvalue weighted by Gasteiger charge is 2.25. The summed E-state index contributed by atoms with van der Waals surface area (Å²) in [5.41, 5.74) is 1.31. The Hall–Kier alpha value is -1.88. The highest BCUT2D eigenvalue weighted by atomic mass is 16.2. The third-order valence-corrected chi connectivity index (χ3v) is 3.71. The third-order valence-electron chi connectivity index (χ3n) is 3.71. The van der Waals surface area contributed by atoms with E-state index in [9.17, 15) is 9.59 Å². The molecule has 1 atom stereocenters. The van der Waals surface area contributed by atoms with Crippen molar-refractivity contribution in [3.63, 3.8) is 0 Å². The van der Waals surface area contributed by atoms with E-state index in [4.69, 9.17) is 0 Å². The van der Waals surface area contributed by atoms with E-state index in [-0.39, 0.29) is 17.9 Å². The van der Waals surface area contributed by atoms with Crippen LogP contribution in [0.3, 0.4) is 0 Å². The second-order valence-electron chi connectivity index (χ2n) is 5.14. The number of likely N-dealkylation sites (tertiary alicyclic amines) is 1. The fraction of sp³-hybridized carbons (Fsp3) is 0.467. The summed E-state index contributed by atoms with van der Waals surface area (Å²) in [4.78, 5) is 25.7. The van der Waals surface area contributed by atoms with Gasteiger partial charge < -0.3 is 10.6 Å². The number of benzene rings is 1. The van der Waals surface area contributed by atoms with Crippen LogP contribution in [-0.2, 0) is 4.79 Å². The molecule has 2 amide bonds. The number of carbonyl (C=O) groups is 2. The van der Waals surface area contributed by atoms with Gasteiger partial charge in [-0.1, -0.05) is 6.42 Å². The number of hydrogen-bond donors (Lipinski definition) is 2. The molecule has 1 aliphatic heterocycles. The second kappa shape index (κ2) is 6.52. The molecule has 1 aromatic rings. The quantitative estimate of drug-likeness (QED) is 0.878. The summed E-state index contributed by atoms with van der Waals surface area (Å²) < 4.78 is 0. The Morgan fingerprint density at radius 2 is 1.90 bits per heavy atom. The van der Waals surface area contributed by atoms with Gasteiger partial charge in [0.05, 0.1) is 6.04 Å². The average molecular weight is 275 g/mol. The number of likely N-dealkylation sites (N-methyl/N-ethyl adjacent to an activating group) is 1. The Bertz CT molecular complexity index is 484. The van der Waals surface area contributed by atoms with Crippen molar-refractivity contribution >= 4 is 17.5 Å². The lowest BCUT2D eigenvalue weighted by molar-refractivity contribution is -0.121. The second-order valence-corrected chi connectivity index (χ2v) is 5.14. The Morgan fingerprint density at radius 3 is 2.50 bits per heavy atom. The van der Waals surface area contributed by atoms with Gasteiger partial charge in [0.25, 0.3) is 5.91 Å². The zero-order valence-electron chi connectivity index (χ0n) is 12.0. The van der Waals surface area contributed by atoms with Crippen LogP contribution in [0.4, 0.5) is 5.69 Å². The Balaban J connectivity index is 1.99. The van der Waals surface area contributed by atoms with E-state index in [0.717, 1.165) is 31.5 Å². The molecule has 1 saturated heterocycles. The molecule has 0 spiro atoms. The molecule has 1 aliphatic rings. The molecule has 1 heterocycles. The van der Waals surface area contributed by atoms with Gasteiger partial charge in [-0.25, -0.2) is 0 Å². The van der Waals surface area contributed by atoms with Crippen LogP contribution in [-0.4, -0.2) is 43.4 Å². The molecule has 2 rings (SSSR count). The van der Waals surface area contributed by atoms with Crippen LogP contribution in [0.1, 0.15) is 29.6 Å². The molecule has 0 bridgehead atoms. The number of amides is 2. The number of nitrogens with zero attached hydrogens (tertiary/aromatic N) is 1. The molecule has 0 aliphatic carbocycles. The van der Waals surface area contributed by atoms with Gasteiger partial charge in [0.2, 0.25) is 5.91 Å². The summed E-state index contributed by atoms with van der Waals surface area (Å²) in [6, 6.07) is 6.87. The van der Waals surface area contributed by atoms with E-state index >= 15 is 0 Å². The van der Waals surface area contributed by atoms with E-state index in [1.54, 1.807) is 31.3 Å². The maximum absolute atomic E-state index is 12.2. The fourth-order valence-electron chi connectivity index (χ4n) is 2.48. The molecule has 0 radical (unpaired) electrons. The maximum atomic E-state index is 12.2. The van der Waals surface area contributed by atoms with Crippen LogP contribution >= 0.6 is 0 Å². The smallest absolute Gasteiger partial charge is 0.251 e. The fourth-order valence-corrected chi connectivity index (χ4v) is 2.48. The van der Waals surface area contributed by atoms with Crippen LogP contribution in [0.25, 0.3) is 0 Å². The van der Waals surface area contributed by atoms with Gasteiger partial charge in [-0.05, 0) is 50.7 Å². The molecule has 1 fully saturated rings. The molecule has 20 heavy (non-hydrogen) atoms. The van der Waals surface area contributed by atoms with Crippen molar-refractivity contribution in [2.75, 3.05) is 26.0 Å². The van der Waals surface area contributed by atoms with Gasteiger partial charge in [0.15, 0.2) is 0 Å². The molecule has 1 aromatic carbocycles. The van der Waals surface area contributed by atoms with Crippen molar-refractivity contribution in [2.45, 2.75) is 25.3 Å². The van der Waals surface area contributed by atoms with Crippen molar-refractivity contribution in [1.82, 2.24) is 10.2 Å². The van der Waals surface area contributed by atoms with E-state index in [1.165, 1.54) is 0 Å². The third kappa shape index (κ3) is 3.36.